The summed E-state index contributed by atoms with van der Waals surface area (Å²) < 4.78 is 10.7. The van der Waals surface area contributed by atoms with Crippen LogP contribution >= 0.6 is 0 Å². The molecular formula is C11H18N4O2. The Labute approximate surface area is 101 Å². The third-order valence-corrected chi connectivity index (χ3v) is 2.64. The molecule has 1 saturated heterocycles. The Morgan fingerprint density at radius 2 is 2.18 bits per heavy atom. The van der Waals surface area contributed by atoms with Crippen LogP contribution < -0.4 is 15.0 Å². The van der Waals surface area contributed by atoms with Crippen molar-refractivity contribution >= 4 is 11.6 Å². The first-order valence-corrected chi connectivity index (χ1v) is 5.82. The SMILES string of the molecule is CCNc1ncnc(N2CCOCC2)c1OC. The van der Waals surface area contributed by atoms with Crippen molar-refractivity contribution < 1.29 is 9.47 Å². The number of morpholine rings is 1. The fraction of sp³-hybridized carbons (Fsp3) is 0.636. The smallest absolute Gasteiger partial charge is 0.204 e. The van der Waals surface area contributed by atoms with Crippen molar-refractivity contribution in [2.75, 3.05) is 50.2 Å². The molecule has 0 unspecified atom stereocenters. The van der Waals surface area contributed by atoms with Gasteiger partial charge in [-0.15, -0.1) is 0 Å². The summed E-state index contributed by atoms with van der Waals surface area (Å²) in [6, 6.07) is 0. The number of nitrogens with one attached hydrogen (secondary N) is 1. The lowest BCUT2D eigenvalue weighted by Gasteiger charge is -2.29. The van der Waals surface area contributed by atoms with Gasteiger partial charge in [-0.3, -0.25) is 0 Å². The minimum Gasteiger partial charge on any atom is -0.490 e. The van der Waals surface area contributed by atoms with Crippen molar-refractivity contribution in [1.82, 2.24) is 9.97 Å². The summed E-state index contributed by atoms with van der Waals surface area (Å²) in [6.07, 6.45) is 1.56. The van der Waals surface area contributed by atoms with Crippen molar-refractivity contribution in [2.45, 2.75) is 6.92 Å². The number of anilines is 2. The van der Waals surface area contributed by atoms with E-state index in [2.05, 4.69) is 20.2 Å². The molecule has 0 aromatic carbocycles. The molecule has 1 aliphatic rings. The maximum atomic E-state index is 5.41. The zero-order valence-electron chi connectivity index (χ0n) is 10.3. The van der Waals surface area contributed by atoms with Crippen molar-refractivity contribution in [3.8, 4) is 5.75 Å². The lowest BCUT2D eigenvalue weighted by molar-refractivity contribution is 0.122. The van der Waals surface area contributed by atoms with E-state index in [9.17, 15) is 0 Å². The molecule has 0 atom stereocenters. The molecule has 2 heterocycles. The van der Waals surface area contributed by atoms with E-state index < -0.39 is 0 Å². The molecule has 1 aromatic rings. The van der Waals surface area contributed by atoms with Crippen LogP contribution in [0.5, 0.6) is 5.75 Å². The summed E-state index contributed by atoms with van der Waals surface area (Å²) in [4.78, 5) is 10.7. The minimum atomic E-state index is 0.705. The monoisotopic (exact) mass is 238 g/mol. The molecular weight excluding hydrogens is 220 g/mol. The number of ether oxygens (including phenoxy) is 2. The Morgan fingerprint density at radius 1 is 1.41 bits per heavy atom. The van der Waals surface area contributed by atoms with Gasteiger partial charge in [-0.05, 0) is 6.92 Å². The molecule has 0 amide bonds. The molecule has 6 nitrogen and oxygen atoms in total. The molecule has 1 fully saturated rings. The number of aromatic nitrogens is 2. The van der Waals surface area contributed by atoms with Gasteiger partial charge in [0.15, 0.2) is 11.6 Å². The van der Waals surface area contributed by atoms with E-state index in [0.717, 1.165) is 44.5 Å². The molecule has 1 N–H and O–H groups in total. The number of methoxy groups -OCH3 is 1. The highest BCUT2D eigenvalue weighted by Gasteiger charge is 2.19. The summed E-state index contributed by atoms with van der Waals surface area (Å²) in [7, 11) is 1.64. The van der Waals surface area contributed by atoms with Crippen molar-refractivity contribution in [3.05, 3.63) is 6.33 Å². The Hall–Kier alpha value is -1.56. The average Bonchev–Trinajstić information content (AvgIpc) is 2.40. The second-order valence-corrected chi connectivity index (χ2v) is 3.71. The molecule has 1 aliphatic heterocycles. The topological polar surface area (TPSA) is 59.5 Å². The third kappa shape index (κ3) is 2.58. The van der Waals surface area contributed by atoms with Gasteiger partial charge < -0.3 is 19.7 Å². The number of hydrogen-bond acceptors (Lipinski definition) is 6. The number of hydrogen-bond donors (Lipinski definition) is 1. The molecule has 1 aromatic heterocycles. The van der Waals surface area contributed by atoms with Crippen LogP contribution in [0.1, 0.15) is 6.92 Å². The van der Waals surface area contributed by atoms with Crippen LogP contribution in [0.4, 0.5) is 11.6 Å². The molecule has 6 heteroatoms. The lowest BCUT2D eigenvalue weighted by Crippen LogP contribution is -2.37. The highest BCUT2D eigenvalue weighted by Crippen LogP contribution is 2.31. The van der Waals surface area contributed by atoms with E-state index in [-0.39, 0.29) is 0 Å². The summed E-state index contributed by atoms with van der Waals surface area (Å²) in [6.45, 7) is 5.94. The van der Waals surface area contributed by atoms with Crippen LogP contribution in [0.2, 0.25) is 0 Å². The molecule has 0 spiro atoms. The summed E-state index contributed by atoms with van der Waals surface area (Å²) in [5, 5.41) is 3.17. The van der Waals surface area contributed by atoms with Crippen LogP contribution in [-0.2, 0) is 4.74 Å². The number of rotatable bonds is 4. The van der Waals surface area contributed by atoms with E-state index in [4.69, 9.17) is 9.47 Å². The van der Waals surface area contributed by atoms with Crippen molar-refractivity contribution in [3.63, 3.8) is 0 Å². The van der Waals surface area contributed by atoms with Crippen LogP contribution in [-0.4, -0.2) is 49.9 Å². The fourth-order valence-corrected chi connectivity index (χ4v) is 1.85. The Balaban J connectivity index is 2.28. The maximum Gasteiger partial charge on any atom is 0.204 e. The second-order valence-electron chi connectivity index (χ2n) is 3.71. The quantitative estimate of drug-likeness (QED) is 0.835. The average molecular weight is 238 g/mol. The third-order valence-electron chi connectivity index (χ3n) is 2.64. The highest BCUT2D eigenvalue weighted by molar-refractivity contribution is 5.64. The van der Waals surface area contributed by atoms with Gasteiger partial charge in [-0.2, -0.15) is 0 Å². The van der Waals surface area contributed by atoms with Crippen molar-refractivity contribution in [1.29, 1.82) is 0 Å². The van der Waals surface area contributed by atoms with Crippen LogP contribution in [0.25, 0.3) is 0 Å². The van der Waals surface area contributed by atoms with Gasteiger partial charge in [0.25, 0.3) is 0 Å². The van der Waals surface area contributed by atoms with Gasteiger partial charge >= 0.3 is 0 Å². The predicted molar refractivity (Wildman–Crippen MR) is 65.8 cm³/mol. The van der Waals surface area contributed by atoms with Crippen LogP contribution in [0.3, 0.4) is 0 Å². The van der Waals surface area contributed by atoms with E-state index in [0.29, 0.717) is 5.75 Å². The maximum absolute atomic E-state index is 5.41. The molecule has 0 radical (unpaired) electrons. The van der Waals surface area contributed by atoms with E-state index in [1.807, 2.05) is 6.92 Å². The zero-order valence-corrected chi connectivity index (χ0v) is 10.3. The predicted octanol–water partition coefficient (Wildman–Crippen LogP) is 0.754. The van der Waals surface area contributed by atoms with Gasteiger partial charge in [-0.1, -0.05) is 0 Å². The standard InChI is InChI=1S/C11H18N4O2/c1-3-12-10-9(16-2)11(14-8-13-10)15-4-6-17-7-5-15/h8H,3-7H2,1-2H3,(H,12,13,14). The molecule has 0 aliphatic carbocycles. The minimum absolute atomic E-state index is 0.705. The van der Waals surface area contributed by atoms with Gasteiger partial charge in [0, 0.05) is 19.6 Å². The van der Waals surface area contributed by atoms with Crippen molar-refractivity contribution in [2.24, 2.45) is 0 Å². The Bertz CT molecular complexity index is 366. The first-order chi connectivity index (χ1) is 8.36. The van der Waals surface area contributed by atoms with E-state index >= 15 is 0 Å². The van der Waals surface area contributed by atoms with E-state index in [1.165, 1.54) is 0 Å². The molecule has 17 heavy (non-hydrogen) atoms. The van der Waals surface area contributed by atoms with Gasteiger partial charge in [0.1, 0.15) is 6.33 Å². The van der Waals surface area contributed by atoms with Gasteiger partial charge in [-0.25, -0.2) is 9.97 Å². The molecule has 0 bridgehead atoms. The second kappa shape index (κ2) is 5.67. The molecule has 94 valence electrons. The summed E-state index contributed by atoms with van der Waals surface area (Å²) in [5.74, 6) is 2.28. The van der Waals surface area contributed by atoms with E-state index in [1.54, 1.807) is 13.4 Å². The zero-order chi connectivity index (χ0) is 12.1. The number of nitrogens with zero attached hydrogens (tertiary/aromatic N) is 3. The first kappa shape index (κ1) is 11.9. The lowest BCUT2D eigenvalue weighted by atomic mass is 10.3. The largest absolute Gasteiger partial charge is 0.490 e. The highest BCUT2D eigenvalue weighted by atomic mass is 16.5. The Kier molecular flexibility index (Phi) is 3.98. The molecule has 2 rings (SSSR count). The van der Waals surface area contributed by atoms with Crippen LogP contribution in [0, 0.1) is 0 Å². The molecule has 0 saturated carbocycles. The normalized spacial score (nSPS) is 15.8. The fourth-order valence-electron chi connectivity index (χ4n) is 1.85. The summed E-state index contributed by atoms with van der Waals surface area (Å²) >= 11 is 0. The van der Waals surface area contributed by atoms with Gasteiger partial charge in [0.2, 0.25) is 5.75 Å². The summed E-state index contributed by atoms with van der Waals surface area (Å²) in [5.41, 5.74) is 0. The van der Waals surface area contributed by atoms with Gasteiger partial charge in [0.05, 0.1) is 20.3 Å². The Morgan fingerprint density at radius 3 is 2.82 bits per heavy atom. The van der Waals surface area contributed by atoms with Crippen LogP contribution in [0.15, 0.2) is 6.33 Å². The first-order valence-electron chi connectivity index (χ1n) is 5.82.